The molecular weight excluding hydrogens is 364 g/mol. The Balaban J connectivity index is 1.71. The fourth-order valence-electron chi connectivity index (χ4n) is 2.60. The average molecular weight is 387 g/mol. The lowest BCUT2D eigenvalue weighted by molar-refractivity contribution is -0.115. The summed E-state index contributed by atoms with van der Waals surface area (Å²) in [6, 6.07) is 11.9. The lowest BCUT2D eigenvalue weighted by Gasteiger charge is -2.16. The van der Waals surface area contributed by atoms with E-state index in [9.17, 15) is 4.79 Å². The Bertz CT molecular complexity index is 887. The second-order valence-electron chi connectivity index (χ2n) is 6.33. The molecule has 26 heavy (non-hydrogen) atoms. The van der Waals surface area contributed by atoms with Crippen molar-refractivity contribution in [1.82, 2.24) is 14.8 Å². The Kier molecular flexibility index (Phi) is 5.78. The summed E-state index contributed by atoms with van der Waals surface area (Å²) in [5, 5.41) is 14.0. The van der Waals surface area contributed by atoms with E-state index < -0.39 is 0 Å². The van der Waals surface area contributed by atoms with E-state index in [0.29, 0.717) is 5.92 Å². The lowest BCUT2D eigenvalue weighted by Crippen LogP contribution is -2.23. The Labute approximate surface area is 161 Å². The maximum atomic E-state index is 12.7. The minimum Gasteiger partial charge on any atom is -0.325 e. The third kappa shape index (κ3) is 3.99. The predicted molar refractivity (Wildman–Crippen MR) is 109 cm³/mol. The second-order valence-corrected chi connectivity index (χ2v) is 8.59. The zero-order valence-corrected chi connectivity index (χ0v) is 16.9. The van der Waals surface area contributed by atoms with E-state index in [4.69, 9.17) is 0 Å². The first-order valence-electron chi connectivity index (χ1n) is 8.47. The third-order valence-corrected chi connectivity index (χ3v) is 6.07. The molecule has 1 N–H and O–H groups in total. The molecule has 5 nitrogen and oxygen atoms in total. The molecule has 0 aliphatic heterocycles. The highest BCUT2D eigenvalue weighted by atomic mass is 32.2. The quantitative estimate of drug-likeness (QED) is 0.619. The van der Waals surface area contributed by atoms with Crippen LogP contribution in [0.15, 0.2) is 46.9 Å². The van der Waals surface area contributed by atoms with E-state index in [-0.39, 0.29) is 11.2 Å². The number of amides is 1. The molecule has 0 saturated heterocycles. The summed E-state index contributed by atoms with van der Waals surface area (Å²) < 4.78 is 1.93. The van der Waals surface area contributed by atoms with Crippen LogP contribution in [0, 0.1) is 0 Å². The van der Waals surface area contributed by atoms with Crippen molar-refractivity contribution in [3.8, 4) is 10.7 Å². The van der Waals surface area contributed by atoms with Gasteiger partial charge in [0, 0.05) is 12.7 Å². The summed E-state index contributed by atoms with van der Waals surface area (Å²) in [6.07, 6.45) is 0. The molecule has 1 unspecified atom stereocenters. The fourth-order valence-corrected chi connectivity index (χ4v) is 4.16. The van der Waals surface area contributed by atoms with Crippen molar-refractivity contribution in [2.24, 2.45) is 7.05 Å². The summed E-state index contributed by atoms with van der Waals surface area (Å²) in [6.45, 7) is 6.13. The highest BCUT2D eigenvalue weighted by Crippen LogP contribution is 2.29. The first-order valence-corrected chi connectivity index (χ1v) is 10.2. The standard InChI is InChI=1S/C19H22N4OS2/c1-12(2)14-8-5-6-9-15(14)20-18(24)13(3)26-19-22-21-17(23(19)4)16-10-7-11-25-16/h5-13H,1-4H3,(H,20,24). The number of carbonyl (C=O) groups is 1. The van der Waals surface area contributed by atoms with E-state index >= 15 is 0 Å². The molecule has 1 amide bonds. The van der Waals surface area contributed by atoms with Crippen LogP contribution in [-0.2, 0) is 11.8 Å². The number of benzene rings is 1. The van der Waals surface area contributed by atoms with Gasteiger partial charge in [-0.15, -0.1) is 21.5 Å². The van der Waals surface area contributed by atoms with Crippen LogP contribution in [0.5, 0.6) is 0 Å². The topological polar surface area (TPSA) is 59.8 Å². The maximum absolute atomic E-state index is 12.7. The number of hydrogen-bond acceptors (Lipinski definition) is 5. The monoisotopic (exact) mass is 386 g/mol. The summed E-state index contributed by atoms with van der Waals surface area (Å²) in [5.41, 5.74) is 2.01. The van der Waals surface area contributed by atoms with Gasteiger partial charge in [0.15, 0.2) is 11.0 Å². The average Bonchev–Trinajstić information content (AvgIpc) is 3.25. The van der Waals surface area contributed by atoms with Crippen LogP contribution < -0.4 is 5.32 Å². The van der Waals surface area contributed by atoms with E-state index in [1.165, 1.54) is 11.8 Å². The number of thiophene rings is 1. The van der Waals surface area contributed by atoms with Crippen LogP contribution in [0.25, 0.3) is 10.7 Å². The zero-order chi connectivity index (χ0) is 18.7. The molecule has 0 saturated carbocycles. The summed E-state index contributed by atoms with van der Waals surface area (Å²) >= 11 is 3.03. The van der Waals surface area contributed by atoms with Gasteiger partial charge in [0.25, 0.3) is 0 Å². The van der Waals surface area contributed by atoms with Crippen LogP contribution in [-0.4, -0.2) is 25.9 Å². The highest BCUT2D eigenvalue weighted by Gasteiger charge is 2.20. The third-order valence-electron chi connectivity index (χ3n) is 4.07. The normalized spacial score (nSPS) is 12.3. The van der Waals surface area contributed by atoms with Crippen molar-refractivity contribution in [3.63, 3.8) is 0 Å². The zero-order valence-electron chi connectivity index (χ0n) is 15.3. The van der Waals surface area contributed by atoms with Gasteiger partial charge in [0.05, 0.1) is 10.1 Å². The molecule has 136 valence electrons. The van der Waals surface area contributed by atoms with Crippen LogP contribution in [0.2, 0.25) is 0 Å². The number of carbonyl (C=O) groups excluding carboxylic acids is 1. The molecule has 0 radical (unpaired) electrons. The van der Waals surface area contributed by atoms with Crippen LogP contribution in [0.1, 0.15) is 32.3 Å². The van der Waals surface area contributed by atoms with E-state index in [1.54, 1.807) is 11.3 Å². The largest absolute Gasteiger partial charge is 0.325 e. The van der Waals surface area contributed by atoms with Gasteiger partial charge in [-0.2, -0.15) is 0 Å². The fraction of sp³-hybridized carbons (Fsp3) is 0.316. The molecule has 0 fully saturated rings. The molecule has 0 bridgehead atoms. The lowest BCUT2D eigenvalue weighted by atomic mass is 10.0. The number of rotatable bonds is 6. The minimum atomic E-state index is -0.283. The molecule has 2 aromatic heterocycles. The SMILES string of the molecule is CC(Sc1nnc(-c2cccs2)n1C)C(=O)Nc1ccccc1C(C)C. The van der Waals surface area contributed by atoms with Crippen molar-refractivity contribution in [2.45, 2.75) is 37.1 Å². The van der Waals surface area contributed by atoms with Gasteiger partial charge in [0.1, 0.15) is 0 Å². The maximum Gasteiger partial charge on any atom is 0.237 e. The molecule has 1 aromatic carbocycles. The second kappa shape index (κ2) is 8.05. The van der Waals surface area contributed by atoms with Crippen molar-refractivity contribution >= 4 is 34.7 Å². The number of nitrogens with one attached hydrogen (secondary N) is 1. The van der Waals surface area contributed by atoms with Gasteiger partial charge < -0.3 is 9.88 Å². The van der Waals surface area contributed by atoms with Crippen LogP contribution >= 0.6 is 23.1 Å². The Morgan fingerprint density at radius 3 is 2.62 bits per heavy atom. The Morgan fingerprint density at radius 2 is 1.92 bits per heavy atom. The molecule has 0 spiro atoms. The van der Waals surface area contributed by atoms with Crippen molar-refractivity contribution in [1.29, 1.82) is 0 Å². The molecule has 1 atom stereocenters. The first kappa shape index (κ1) is 18.7. The van der Waals surface area contributed by atoms with E-state index in [0.717, 1.165) is 27.1 Å². The minimum absolute atomic E-state index is 0.0382. The Morgan fingerprint density at radius 1 is 1.15 bits per heavy atom. The summed E-state index contributed by atoms with van der Waals surface area (Å²) in [7, 11) is 1.93. The van der Waals surface area contributed by atoms with E-state index in [2.05, 4.69) is 29.4 Å². The molecule has 3 aromatic rings. The number of anilines is 1. The molecule has 0 aliphatic carbocycles. The number of thioether (sulfide) groups is 1. The molecule has 7 heteroatoms. The van der Waals surface area contributed by atoms with Gasteiger partial charge in [-0.05, 0) is 35.9 Å². The van der Waals surface area contributed by atoms with Gasteiger partial charge >= 0.3 is 0 Å². The molecule has 3 rings (SSSR count). The molecular formula is C19H22N4OS2. The number of aromatic nitrogens is 3. The Hall–Kier alpha value is -2.12. The van der Waals surface area contributed by atoms with E-state index in [1.807, 2.05) is 60.3 Å². The van der Waals surface area contributed by atoms with Gasteiger partial charge in [-0.1, -0.05) is 49.9 Å². The number of para-hydroxylation sites is 1. The first-order chi connectivity index (χ1) is 12.5. The van der Waals surface area contributed by atoms with Gasteiger partial charge in [-0.25, -0.2) is 0 Å². The van der Waals surface area contributed by atoms with Gasteiger partial charge in [-0.3, -0.25) is 4.79 Å². The summed E-state index contributed by atoms with van der Waals surface area (Å²) in [4.78, 5) is 13.7. The predicted octanol–water partition coefficient (Wildman–Crippen LogP) is 4.79. The number of hydrogen-bond donors (Lipinski definition) is 1. The molecule has 0 aliphatic rings. The van der Waals surface area contributed by atoms with Crippen LogP contribution in [0.3, 0.4) is 0 Å². The smallest absolute Gasteiger partial charge is 0.237 e. The highest BCUT2D eigenvalue weighted by molar-refractivity contribution is 8.00. The van der Waals surface area contributed by atoms with Crippen molar-refractivity contribution in [2.75, 3.05) is 5.32 Å². The molecule has 2 heterocycles. The van der Waals surface area contributed by atoms with Crippen molar-refractivity contribution < 1.29 is 4.79 Å². The summed E-state index contributed by atoms with van der Waals surface area (Å²) in [5.74, 6) is 1.13. The van der Waals surface area contributed by atoms with Crippen molar-refractivity contribution in [3.05, 3.63) is 47.3 Å². The van der Waals surface area contributed by atoms with Crippen LogP contribution in [0.4, 0.5) is 5.69 Å². The number of nitrogens with zero attached hydrogens (tertiary/aromatic N) is 3. The van der Waals surface area contributed by atoms with Gasteiger partial charge in [0.2, 0.25) is 5.91 Å².